The summed E-state index contributed by atoms with van der Waals surface area (Å²) in [7, 11) is 0. The Morgan fingerprint density at radius 2 is 2.22 bits per heavy atom. The molecule has 0 aliphatic carbocycles. The van der Waals surface area contributed by atoms with Crippen molar-refractivity contribution in [3.05, 3.63) is 24.5 Å². The summed E-state index contributed by atoms with van der Waals surface area (Å²) in [4.78, 5) is 13.6. The Morgan fingerprint density at radius 3 is 2.78 bits per heavy atom. The van der Waals surface area contributed by atoms with Crippen molar-refractivity contribution in [2.24, 2.45) is 0 Å². The molecule has 3 heteroatoms. The zero-order chi connectivity index (χ0) is 6.53. The van der Waals surface area contributed by atoms with E-state index in [-0.39, 0.29) is 1.43 Å². The SMILES string of the molecule is O=CNc1ccncc1.[HH]. The van der Waals surface area contributed by atoms with E-state index in [2.05, 4.69) is 10.3 Å². The first-order chi connectivity index (χ1) is 4.43. The minimum atomic E-state index is 0. The molecule has 1 aromatic rings. The van der Waals surface area contributed by atoms with Crippen LogP contribution in [0.4, 0.5) is 5.69 Å². The van der Waals surface area contributed by atoms with Crippen molar-refractivity contribution >= 4 is 12.1 Å². The summed E-state index contributed by atoms with van der Waals surface area (Å²) in [5.74, 6) is 0. The molecule has 1 amide bonds. The van der Waals surface area contributed by atoms with Crippen LogP contribution in [0.3, 0.4) is 0 Å². The highest BCUT2D eigenvalue weighted by Crippen LogP contribution is 1.99. The Morgan fingerprint density at radius 1 is 1.56 bits per heavy atom. The average Bonchev–Trinajstić information content (AvgIpc) is 1.91. The van der Waals surface area contributed by atoms with Gasteiger partial charge in [0.15, 0.2) is 0 Å². The molecule has 0 saturated heterocycles. The number of carbonyl (C=O) groups is 1. The molecule has 0 unspecified atom stereocenters. The van der Waals surface area contributed by atoms with Crippen LogP contribution in [0.25, 0.3) is 0 Å². The second-order valence-corrected chi connectivity index (χ2v) is 1.50. The summed E-state index contributed by atoms with van der Waals surface area (Å²) in [5, 5.41) is 2.49. The number of hydrogen-bond acceptors (Lipinski definition) is 2. The van der Waals surface area contributed by atoms with Crippen molar-refractivity contribution in [3.8, 4) is 0 Å². The van der Waals surface area contributed by atoms with Crippen LogP contribution in [-0.2, 0) is 4.79 Å². The van der Waals surface area contributed by atoms with Crippen molar-refractivity contribution in [1.29, 1.82) is 0 Å². The Bertz CT molecular complexity index is 190. The molecule has 0 bridgehead atoms. The highest BCUT2D eigenvalue weighted by Gasteiger charge is 1.82. The van der Waals surface area contributed by atoms with E-state index >= 15 is 0 Å². The van der Waals surface area contributed by atoms with Crippen LogP contribution in [0.1, 0.15) is 1.43 Å². The third-order valence-electron chi connectivity index (χ3n) is 0.906. The molecule has 3 nitrogen and oxygen atoms in total. The molecule has 0 aromatic carbocycles. The van der Waals surface area contributed by atoms with Gasteiger partial charge in [0.05, 0.1) is 0 Å². The molecular formula is C6H8N2O. The summed E-state index contributed by atoms with van der Waals surface area (Å²) >= 11 is 0. The lowest BCUT2D eigenvalue weighted by atomic mass is 10.4. The van der Waals surface area contributed by atoms with Crippen molar-refractivity contribution in [2.75, 3.05) is 5.32 Å². The van der Waals surface area contributed by atoms with Gasteiger partial charge >= 0.3 is 0 Å². The van der Waals surface area contributed by atoms with Gasteiger partial charge in [-0.25, -0.2) is 0 Å². The van der Waals surface area contributed by atoms with Gasteiger partial charge in [-0.2, -0.15) is 0 Å². The molecular weight excluding hydrogens is 116 g/mol. The smallest absolute Gasteiger partial charge is 0.211 e. The van der Waals surface area contributed by atoms with E-state index in [9.17, 15) is 4.79 Å². The summed E-state index contributed by atoms with van der Waals surface area (Å²) < 4.78 is 0. The molecule has 1 rings (SSSR count). The molecule has 0 spiro atoms. The Hall–Kier alpha value is -1.38. The Kier molecular flexibility index (Phi) is 1.80. The van der Waals surface area contributed by atoms with E-state index in [1.807, 2.05) is 0 Å². The fourth-order valence-corrected chi connectivity index (χ4v) is 0.516. The highest BCUT2D eigenvalue weighted by atomic mass is 16.1. The average molecular weight is 124 g/mol. The summed E-state index contributed by atoms with van der Waals surface area (Å²) in [5.41, 5.74) is 0.764. The molecule has 0 radical (unpaired) electrons. The summed E-state index contributed by atoms with van der Waals surface area (Å²) in [6, 6.07) is 3.43. The lowest BCUT2D eigenvalue weighted by Crippen LogP contribution is -1.92. The fourth-order valence-electron chi connectivity index (χ4n) is 0.516. The molecule has 1 N–H and O–H groups in total. The maximum atomic E-state index is 9.84. The predicted octanol–water partition coefficient (Wildman–Crippen LogP) is 0.896. The molecule has 0 atom stereocenters. The van der Waals surface area contributed by atoms with Crippen molar-refractivity contribution in [2.45, 2.75) is 0 Å². The zero-order valence-electron chi connectivity index (χ0n) is 4.74. The van der Waals surface area contributed by atoms with Gasteiger partial charge in [-0.1, -0.05) is 0 Å². The minimum absolute atomic E-state index is 0. The van der Waals surface area contributed by atoms with Crippen LogP contribution in [-0.4, -0.2) is 11.4 Å². The van der Waals surface area contributed by atoms with Gasteiger partial charge in [0.1, 0.15) is 0 Å². The van der Waals surface area contributed by atoms with Gasteiger partial charge in [0.2, 0.25) is 6.41 Å². The largest absolute Gasteiger partial charge is 0.329 e. The second-order valence-electron chi connectivity index (χ2n) is 1.50. The van der Waals surface area contributed by atoms with Crippen LogP contribution in [0.5, 0.6) is 0 Å². The molecule has 0 aliphatic heterocycles. The molecule has 0 fully saturated rings. The predicted molar refractivity (Wildman–Crippen MR) is 36.0 cm³/mol. The zero-order valence-corrected chi connectivity index (χ0v) is 4.74. The number of anilines is 1. The summed E-state index contributed by atoms with van der Waals surface area (Å²) in [6.45, 7) is 0. The second kappa shape index (κ2) is 2.81. The van der Waals surface area contributed by atoms with Gasteiger partial charge in [-0.15, -0.1) is 0 Å². The Labute approximate surface area is 54.2 Å². The number of pyridine rings is 1. The van der Waals surface area contributed by atoms with Crippen LogP contribution >= 0.6 is 0 Å². The number of amides is 1. The monoisotopic (exact) mass is 124 g/mol. The molecule has 0 aliphatic rings. The number of nitrogens with zero attached hydrogens (tertiary/aromatic N) is 1. The molecule has 1 aromatic heterocycles. The van der Waals surface area contributed by atoms with E-state index < -0.39 is 0 Å². The third kappa shape index (κ3) is 1.53. The maximum Gasteiger partial charge on any atom is 0.211 e. The van der Waals surface area contributed by atoms with Gasteiger partial charge in [0, 0.05) is 19.5 Å². The number of aromatic nitrogens is 1. The third-order valence-corrected chi connectivity index (χ3v) is 0.906. The number of rotatable bonds is 2. The van der Waals surface area contributed by atoms with Crippen molar-refractivity contribution < 1.29 is 6.22 Å². The minimum Gasteiger partial charge on any atom is -0.329 e. The summed E-state index contributed by atoms with van der Waals surface area (Å²) in [6.07, 6.45) is 3.87. The van der Waals surface area contributed by atoms with Crippen molar-refractivity contribution in [3.63, 3.8) is 0 Å². The van der Waals surface area contributed by atoms with Crippen LogP contribution in [0.15, 0.2) is 24.5 Å². The first kappa shape index (κ1) is 5.75. The first-order valence-corrected chi connectivity index (χ1v) is 2.53. The van der Waals surface area contributed by atoms with Gasteiger partial charge < -0.3 is 5.32 Å². The van der Waals surface area contributed by atoms with E-state index in [1.165, 1.54) is 0 Å². The molecule has 48 valence electrons. The quantitative estimate of drug-likeness (QED) is 0.595. The van der Waals surface area contributed by atoms with E-state index in [1.54, 1.807) is 24.5 Å². The number of hydrogen-bond donors (Lipinski definition) is 1. The standard InChI is InChI=1S/C6H6N2O.H2/c9-5-8-6-1-3-7-4-2-6;/h1-5H,(H,7,8,9);1H. The number of nitrogens with one attached hydrogen (secondary N) is 1. The lowest BCUT2D eigenvalue weighted by Gasteiger charge is -1.92. The number of carbonyl (C=O) groups excluding carboxylic acids is 1. The van der Waals surface area contributed by atoms with Crippen LogP contribution in [0.2, 0.25) is 0 Å². The van der Waals surface area contributed by atoms with E-state index in [4.69, 9.17) is 0 Å². The molecule has 9 heavy (non-hydrogen) atoms. The maximum absolute atomic E-state index is 9.84. The topological polar surface area (TPSA) is 42.0 Å². The van der Waals surface area contributed by atoms with Gasteiger partial charge in [0.25, 0.3) is 0 Å². The first-order valence-electron chi connectivity index (χ1n) is 2.53. The van der Waals surface area contributed by atoms with E-state index in [0.29, 0.717) is 6.41 Å². The highest BCUT2D eigenvalue weighted by molar-refractivity contribution is 5.70. The van der Waals surface area contributed by atoms with Gasteiger partial charge in [-0.05, 0) is 12.1 Å². The van der Waals surface area contributed by atoms with Crippen LogP contribution < -0.4 is 5.32 Å². The van der Waals surface area contributed by atoms with Crippen molar-refractivity contribution in [1.82, 2.24) is 4.98 Å². The van der Waals surface area contributed by atoms with Gasteiger partial charge in [-0.3, -0.25) is 9.78 Å². The van der Waals surface area contributed by atoms with E-state index in [0.717, 1.165) is 5.69 Å². The van der Waals surface area contributed by atoms with Crippen LogP contribution in [0, 0.1) is 0 Å². The molecule has 0 saturated carbocycles. The fraction of sp³-hybridized carbons (Fsp3) is 0. The Balaban J connectivity index is 0.000000810. The molecule has 1 heterocycles. The lowest BCUT2D eigenvalue weighted by molar-refractivity contribution is -0.105. The normalized spacial score (nSPS) is 8.44.